The Labute approximate surface area is 110 Å². The van der Waals surface area contributed by atoms with Crippen LogP contribution in [0.3, 0.4) is 0 Å². The number of nitrogens with one attached hydrogen (secondary N) is 1. The van der Waals surface area contributed by atoms with Crippen LogP contribution in [0.2, 0.25) is 0 Å². The van der Waals surface area contributed by atoms with Crippen molar-refractivity contribution >= 4 is 15.9 Å². The molecule has 0 saturated heterocycles. The standard InChI is InChI=1S/C12H18BrNO3/c1-16-6-5-14-8-12(15)10-7-9(17-2)3-4-11(10)13/h3-4,7,12,14-15H,5-6,8H2,1-2H3. The van der Waals surface area contributed by atoms with Crippen molar-refractivity contribution in [2.24, 2.45) is 0 Å². The van der Waals surface area contributed by atoms with Gasteiger partial charge in [0.05, 0.1) is 19.8 Å². The summed E-state index contributed by atoms with van der Waals surface area (Å²) in [5.74, 6) is 0.735. The van der Waals surface area contributed by atoms with E-state index in [0.717, 1.165) is 22.3 Å². The summed E-state index contributed by atoms with van der Waals surface area (Å²) in [7, 11) is 3.26. The van der Waals surface area contributed by atoms with Crippen LogP contribution in [0.15, 0.2) is 22.7 Å². The molecule has 0 aromatic heterocycles. The fourth-order valence-electron chi connectivity index (χ4n) is 1.43. The fraction of sp³-hybridized carbons (Fsp3) is 0.500. The number of hydrogen-bond donors (Lipinski definition) is 2. The largest absolute Gasteiger partial charge is 0.497 e. The predicted molar refractivity (Wildman–Crippen MR) is 70.4 cm³/mol. The molecular formula is C12H18BrNO3. The number of halogens is 1. The molecule has 1 unspecified atom stereocenters. The van der Waals surface area contributed by atoms with E-state index in [1.807, 2.05) is 18.2 Å². The van der Waals surface area contributed by atoms with Gasteiger partial charge in [0.2, 0.25) is 0 Å². The molecule has 17 heavy (non-hydrogen) atoms. The smallest absolute Gasteiger partial charge is 0.119 e. The number of aliphatic hydroxyl groups is 1. The highest BCUT2D eigenvalue weighted by Crippen LogP contribution is 2.27. The molecule has 0 bridgehead atoms. The van der Waals surface area contributed by atoms with E-state index in [-0.39, 0.29) is 0 Å². The van der Waals surface area contributed by atoms with Crippen LogP contribution in [0.4, 0.5) is 0 Å². The summed E-state index contributed by atoms with van der Waals surface area (Å²) in [6.07, 6.45) is -0.573. The van der Waals surface area contributed by atoms with Gasteiger partial charge < -0.3 is 19.9 Å². The Kier molecular flexibility index (Phi) is 6.50. The molecule has 0 aliphatic heterocycles. The van der Waals surface area contributed by atoms with Crippen molar-refractivity contribution in [2.45, 2.75) is 6.10 Å². The third-order valence-corrected chi connectivity index (χ3v) is 3.10. The average Bonchev–Trinajstić information content (AvgIpc) is 2.35. The van der Waals surface area contributed by atoms with Crippen LogP contribution >= 0.6 is 15.9 Å². The zero-order valence-electron chi connectivity index (χ0n) is 10.1. The minimum Gasteiger partial charge on any atom is -0.497 e. The molecule has 0 aliphatic rings. The molecule has 1 aromatic rings. The van der Waals surface area contributed by atoms with Crippen LogP contribution in [-0.4, -0.2) is 39.0 Å². The van der Waals surface area contributed by atoms with Crippen molar-refractivity contribution in [3.8, 4) is 5.75 Å². The van der Waals surface area contributed by atoms with E-state index >= 15 is 0 Å². The van der Waals surface area contributed by atoms with E-state index in [9.17, 15) is 5.11 Å². The lowest BCUT2D eigenvalue weighted by Crippen LogP contribution is -2.25. The van der Waals surface area contributed by atoms with Gasteiger partial charge in [0.25, 0.3) is 0 Å². The molecule has 0 fully saturated rings. The van der Waals surface area contributed by atoms with Crippen molar-refractivity contribution in [2.75, 3.05) is 33.9 Å². The van der Waals surface area contributed by atoms with Gasteiger partial charge in [0, 0.05) is 24.7 Å². The van der Waals surface area contributed by atoms with Crippen molar-refractivity contribution in [1.29, 1.82) is 0 Å². The number of rotatable bonds is 7. The molecule has 0 saturated carbocycles. The highest BCUT2D eigenvalue weighted by Gasteiger charge is 2.11. The topological polar surface area (TPSA) is 50.7 Å². The van der Waals surface area contributed by atoms with Gasteiger partial charge in [-0.15, -0.1) is 0 Å². The molecule has 0 amide bonds. The van der Waals surface area contributed by atoms with Crippen molar-refractivity contribution < 1.29 is 14.6 Å². The maximum absolute atomic E-state index is 10.0. The third kappa shape index (κ3) is 4.63. The molecule has 1 rings (SSSR count). The minimum atomic E-state index is -0.573. The first-order valence-corrected chi connectivity index (χ1v) is 6.19. The van der Waals surface area contributed by atoms with Gasteiger partial charge in [-0.1, -0.05) is 15.9 Å². The normalized spacial score (nSPS) is 12.5. The summed E-state index contributed by atoms with van der Waals surface area (Å²) >= 11 is 3.41. The van der Waals surface area contributed by atoms with Gasteiger partial charge in [-0.05, 0) is 23.8 Å². The SMILES string of the molecule is COCCNCC(O)c1cc(OC)ccc1Br. The fourth-order valence-corrected chi connectivity index (χ4v) is 1.94. The third-order valence-electron chi connectivity index (χ3n) is 2.38. The Hall–Kier alpha value is -0.620. The quantitative estimate of drug-likeness (QED) is 0.753. The maximum atomic E-state index is 10.0. The Bertz CT molecular complexity index is 347. The zero-order chi connectivity index (χ0) is 12.7. The molecule has 5 heteroatoms. The molecule has 4 nitrogen and oxygen atoms in total. The first-order valence-electron chi connectivity index (χ1n) is 5.40. The lowest BCUT2D eigenvalue weighted by atomic mass is 10.1. The van der Waals surface area contributed by atoms with Gasteiger partial charge in [-0.2, -0.15) is 0 Å². The molecule has 96 valence electrons. The molecule has 1 atom stereocenters. The van der Waals surface area contributed by atoms with Crippen LogP contribution in [-0.2, 0) is 4.74 Å². The van der Waals surface area contributed by atoms with Crippen LogP contribution in [0.1, 0.15) is 11.7 Å². The van der Waals surface area contributed by atoms with E-state index in [4.69, 9.17) is 9.47 Å². The first kappa shape index (κ1) is 14.4. The summed E-state index contributed by atoms with van der Waals surface area (Å²) < 4.78 is 10.9. The van der Waals surface area contributed by atoms with Crippen molar-refractivity contribution in [1.82, 2.24) is 5.32 Å². The van der Waals surface area contributed by atoms with E-state index in [0.29, 0.717) is 13.2 Å². The number of aliphatic hydroxyl groups excluding tert-OH is 1. The second kappa shape index (κ2) is 7.66. The molecule has 0 aliphatic carbocycles. The van der Waals surface area contributed by atoms with Crippen LogP contribution in [0, 0.1) is 0 Å². The highest BCUT2D eigenvalue weighted by atomic mass is 79.9. The Morgan fingerprint density at radius 1 is 1.41 bits per heavy atom. The second-order valence-electron chi connectivity index (χ2n) is 3.60. The molecule has 0 spiro atoms. The molecular weight excluding hydrogens is 286 g/mol. The van der Waals surface area contributed by atoms with Crippen molar-refractivity contribution in [3.63, 3.8) is 0 Å². The van der Waals surface area contributed by atoms with E-state index in [1.54, 1.807) is 14.2 Å². The number of methoxy groups -OCH3 is 2. The Morgan fingerprint density at radius 3 is 2.82 bits per heavy atom. The van der Waals surface area contributed by atoms with Crippen LogP contribution in [0.5, 0.6) is 5.75 Å². The molecule has 2 N–H and O–H groups in total. The predicted octanol–water partition coefficient (Wildman–Crippen LogP) is 1.73. The number of benzene rings is 1. The van der Waals surface area contributed by atoms with Gasteiger partial charge in [-0.3, -0.25) is 0 Å². The van der Waals surface area contributed by atoms with Gasteiger partial charge in [0.1, 0.15) is 5.75 Å². The minimum absolute atomic E-state index is 0.481. The number of hydrogen-bond acceptors (Lipinski definition) is 4. The molecule has 1 aromatic carbocycles. The van der Waals surface area contributed by atoms with E-state index < -0.39 is 6.10 Å². The second-order valence-corrected chi connectivity index (χ2v) is 4.45. The van der Waals surface area contributed by atoms with Gasteiger partial charge in [-0.25, -0.2) is 0 Å². The van der Waals surface area contributed by atoms with E-state index in [2.05, 4.69) is 21.2 Å². The Balaban J connectivity index is 2.57. The molecule has 0 radical (unpaired) electrons. The van der Waals surface area contributed by atoms with Gasteiger partial charge in [0.15, 0.2) is 0 Å². The summed E-state index contributed by atoms with van der Waals surface area (Å²) in [4.78, 5) is 0. The summed E-state index contributed by atoms with van der Waals surface area (Å²) in [5, 5.41) is 13.1. The summed E-state index contributed by atoms with van der Waals surface area (Å²) in [5.41, 5.74) is 0.814. The Morgan fingerprint density at radius 2 is 2.18 bits per heavy atom. The lowest BCUT2D eigenvalue weighted by molar-refractivity contribution is 0.161. The van der Waals surface area contributed by atoms with Crippen molar-refractivity contribution in [3.05, 3.63) is 28.2 Å². The van der Waals surface area contributed by atoms with Crippen LogP contribution in [0.25, 0.3) is 0 Å². The molecule has 0 heterocycles. The monoisotopic (exact) mass is 303 g/mol. The first-order chi connectivity index (χ1) is 8.19. The zero-order valence-corrected chi connectivity index (χ0v) is 11.7. The van der Waals surface area contributed by atoms with Crippen LogP contribution < -0.4 is 10.1 Å². The average molecular weight is 304 g/mol. The van der Waals surface area contributed by atoms with E-state index in [1.165, 1.54) is 0 Å². The summed E-state index contributed by atoms with van der Waals surface area (Å²) in [6, 6.07) is 5.54. The van der Waals surface area contributed by atoms with Gasteiger partial charge >= 0.3 is 0 Å². The highest BCUT2D eigenvalue weighted by molar-refractivity contribution is 9.10. The maximum Gasteiger partial charge on any atom is 0.119 e. The summed E-state index contributed by atoms with van der Waals surface area (Å²) in [6.45, 7) is 1.83. The number of ether oxygens (including phenoxy) is 2. The lowest BCUT2D eigenvalue weighted by Gasteiger charge is -2.14.